The number of thiazole rings is 1. The van der Waals surface area contributed by atoms with Crippen LogP contribution in [0.4, 0.5) is 5.69 Å². The van der Waals surface area contributed by atoms with Gasteiger partial charge < -0.3 is 10.1 Å². The van der Waals surface area contributed by atoms with Gasteiger partial charge in [-0.15, -0.1) is 11.3 Å². The smallest absolute Gasteiger partial charge is 0.270 e. The topological polar surface area (TPSA) is 77.3 Å². The largest absolute Gasteiger partial charge is 0.493 e. The van der Waals surface area contributed by atoms with Crippen LogP contribution in [-0.4, -0.2) is 23.6 Å². The van der Waals surface area contributed by atoms with E-state index >= 15 is 0 Å². The number of hydrogen-bond acceptors (Lipinski definition) is 6. The Morgan fingerprint density at radius 1 is 1.48 bits per heavy atom. The van der Waals surface area contributed by atoms with E-state index < -0.39 is 4.92 Å². The summed E-state index contributed by atoms with van der Waals surface area (Å²) in [6.45, 7) is 3.03. The second kappa shape index (κ2) is 7.14. The zero-order valence-corrected chi connectivity index (χ0v) is 12.8. The van der Waals surface area contributed by atoms with Gasteiger partial charge in [0.1, 0.15) is 5.75 Å². The highest BCUT2D eigenvalue weighted by Gasteiger charge is 2.11. The fourth-order valence-corrected chi connectivity index (χ4v) is 2.73. The maximum Gasteiger partial charge on any atom is 0.270 e. The minimum atomic E-state index is -0.399. The molecule has 0 atom stereocenters. The highest BCUT2D eigenvalue weighted by atomic mass is 32.1. The molecule has 0 aliphatic heterocycles. The second-order valence-electron chi connectivity index (χ2n) is 4.54. The Bertz CT molecular complexity index is 628. The summed E-state index contributed by atoms with van der Waals surface area (Å²) in [6.07, 6.45) is 0.784. The van der Waals surface area contributed by atoms with E-state index in [9.17, 15) is 10.1 Å². The zero-order chi connectivity index (χ0) is 15.2. The Morgan fingerprint density at radius 2 is 2.29 bits per heavy atom. The summed E-state index contributed by atoms with van der Waals surface area (Å²) in [6, 6.07) is 4.67. The number of nitrogens with zero attached hydrogens (tertiary/aromatic N) is 2. The minimum Gasteiger partial charge on any atom is -0.493 e. The van der Waals surface area contributed by atoms with Gasteiger partial charge in [-0.1, -0.05) is 0 Å². The number of non-ortho nitro benzene ring substituents is 1. The van der Waals surface area contributed by atoms with Gasteiger partial charge in [0.15, 0.2) is 0 Å². The Kier molecular flexibility index (Phi) is 5.24. The summed E-state index contributed by atoms with van der Waals surface area (Å²) in [7, 11) is 1.79. The van der Waals surface area contributed by atoms with Crippen molar-refractivity contribution in [3.8, 4) is 5.75 Å². The van der Waals surface area contributed by atoms with Gasteiger partial charge in [0.25, 0.3) is 5.69 Å². The van der Waals surface area contributed by atoms with Crippen molar-refractivity contribution in [3.63, 3.8) is 0 Å². The normalized spacial score (nSPS) is 10.6. The van der Waals surface area contributed by atoms with Gasteiger partial charge in [-0.3, -0.25) is 10.1 Å². The predicted octanol–water partition coefficient (Wildman–Crippen LogP) is 2.70. The Hall–Kier alpha value is -1.99. The van der Waals surface area contributed by atoms with E-state index in [4.69, 9.17) is 4.74 Å². The van der Waals surface area contributed by atoms with E-state index in [1.807, 2.05) is 12.4 Å². The summed E-state index contributed by atoms with van der Waals surface area (Å²) in [5, 5.41) is 13.8. The number of rotatable bonds is 7. The maximum absolute atomic E-state index is 10.8. The van der Waals surface area contributed by atoms with Gasteiger partial charge in [-0.25, -0.2) is 4.98 Å². The molecule has 1 aromatic carbocycles. The SMILES string of the molecule is CNCc1cc([N+](=O)[O-])ccc1OCCc1scnc1C. The molecule has 6 nitrogen and oxygen atoms in total. The molecule has 0 bridgehead atoms. The average Bonchev–Trinajstić information content (AvgIpc) is 2.86. The van der Waals surface area contributed by atoms with Crippen LogP contribution in [-0.2, 0) is 13.0 Å². The van der Waals surface area contributed by atoms with E-state index in [0.717, 1.165) is 17.7 Å². The summed E-state index contributed by atoms with van der Waals surface area (Å²) >= 11 is 1.61. The van der Waals surface area contributed by atoms with Crippen LogP contribution in [0.3, 0.4) is 0 Å². The van der Waals surface area contributed by atoms with Crippen molar-refractivity contribution in [3.05, 3.63) is 50.0 Å². The molecule has 0 saturated heterocycles. The lowest BCUT2D eigenvalue weighted by Gasteiger charge is -2.11. The lowest BCUT2D eigenvalue weighted by atomic mass is 10.1. The van der Waals surface area contributed by atoms with Crippen LogP contribution in [0, 0.1) is 17.0 Å². The number of nitro groups is 1. The lowest BCUT2D eigenvalue weighted by Crippen LogP contribution is -2.09. The molecule has 2 rings (SSSR count). The van der Waals surface area contributed by atoms with Crippen LogP contribution in [0.25, 0.3) is 0 Å². The summed E-state index contributed by atoms with van der Waals surface area (Å²) < 4.78 is 5.77. The van der Waals surface area contributed by atoms with Crippen molar-refractivity contribution in [2.45, 2.75) is 19.9 Å². The van der Waals surface area contributed by atoms with E-state index in [1.165, 1.54) is 10.9 Å². The van der Waals surface area contributed by atoms with Gasteiger partial charge in [0.2, 0.25) is 0 Å². The summed E-state index contributed by atoms with van der Waals surface area (Å²) in [5.74, 6) is 0.678. The quantitative estimate of drug-likeness (QED) is 0.628. The molecule has 1 heterocycles. The van der Waals surface area contributed by atoms with Gasteiger partial charge in [0.05, 0.1) is 22.7 Å². The van der Waals surface area contributed by atoms with Crippen LogP contribution in [0.2, 0.25) is 0 Å². The molecule has 21 heavy (non-hydrogen) atoms. The number of ether oxygens (including phenoxy) is 1. The highest BCUT2D eigenvalue weighted by molar-refractivity contribution is 7.09. The number of aromatic nitrogens is 1. The molecule has 7 heteroatoms. The number of aryl methyl sites for hydroxylation is 1. The van der Waals surface area contributed by atoms with Crippen LogP contribution >= 0.6 is 11.3 Å². The van der Waals surface area contributed by atoms with Crippen molar-refractivity contribution in [2.24, 2.45) is 0 Å². The molecule has 2 aromatic rings. The molecule has 0 radical (unpaired) electrons. The molecule has 1 N–H and O–H groups in total. The zero-order valence-electron chi connectivity index (χ0n) is 12.0. The number of hydrogen-bond donors (Lipinski definition) is 1. The maximum atomic E-state index is 10.8. The fourth-order valence-electron chi connectivity index (χ4n) is 1.97. The van der Waals surface area contributed by atoms with Crippen molar-refractivity contribution >= 4 is 17.0 Å². The molecular formula is C14H17N3O3S. The predicted molar refractivity (Wildman–Crippen MR) is 81.9 cm³/mol. The summed E-state index contributed by atoms with van der Waals surface area (Å²) in [4.78, 5) is 15.8. The lowest BCUT2D eigenvalue weighted by molar-refractivity contribution is -0.384. The van der Waals surface area contributed by atoms with E-state index in [1.54, 1.807) is 30.5 Å². The average molecular weight is 307 g/mol. The van der Waals surface area contributed by atoms with E-state index in [-0.39, 0.29) is 5.69 Å². The fraction of sp³-hybridized carbons (Fsp3) is 0.357. The Balaban J connectivity index is 2.04. The molecular weight excluding hydrogens is 290 g/mol. The number of nitrogens with one attached hydrogen (secondary N) is 1. The second-order valence-corrected chi connectivity index (χ2v) is 5.48. The highest BCUT2D eigenvalue weighted by Crippen LogP contribution is 2.24. The molecule has 0 fully saturated rings. The third-order valence-corrected chi connectivity index (χ3v) is 4.05. The molecule has 1 aromatic heterocycles. The molecule has 0 aliphatic rings. The van der Waals surface area contributed by atoms with Gasteiger partial charge in [0, 0.05) is 35.5 Å². The van der Waals surface area contributed by atoms with Crippen molar-refractivity contribution in [2.75, 3.05) is 13.7 Å². The first-order valence-electron chi connectivity index (χ1n) is 6.55. The van der Waals surface area contributed by atoms with E-state index in [0.29, 0.717) is 18.9 Å². The van der Waals surface area contributed by atoms with Crippen LogP contribution in [0.15, 0.2) is 23.7 Å². The first kappa shape index (κ1) is 15.4. The standard InChI is InChI=1S/C14H17N3O3S/c1-10-14(21-9-16-10)5-6-20-13-4-3-12(17(18)19)7-11(13)8-15-2/h3-4,7,9,15H,5-6,8H2,1-2H3. The Labute approximate surface area is 126 Å². The Morgan fingerprint density at radius 3 is 2.90 bits per heavy atom. The van der Waals surface area contributed by atoms with Crippen LogP contribution in [0.1, 0.15) is 16.1 Å². The van der Waals surface area contributed by atoms with Crippen LogP contribution < -0.4 is 10.1 Å². The van der Waals surface area contributed by atoms with Gasteiger partial charge in [-0.05, 0) is 20.0 Å². The van der Waals surface area contributed by atoms with Crippen molar-refractivity contribution < 1.29 is 9.66 Å². The van der Waals surface area contributed by atoms with Crippen LogP contribution in [0.5, 0.6) is 5.75 Å². The van der Waals surface area contributed by atoms with E-state index in [2.05, 4.69) is 10.3 Å². The van der Waals surface area contributed by atoms with Gasteiger partial charge >= 0.3 is 0 Å². The molecule has 0 spiro atoms. The third-order valence-electron chi connectivity index (χ3n) is 3.05. The molecule has 0 saturated carbocycles. The van der Waals surface area contributed by atoms with Crippen molar-refractivity contribution in [1.29, 1.82) is 0 Å². The number of benzene rings is 1. The molecule has 0 aliphatic carbocycles. The first-order chi connectivity index (χ1) is 10.1. The van der Waals surface area contributed by atoms with Crippen molar-refractivity contribution in [1.82, 2.24) is 10.3 Å². The summed E-state index contributed by atoms with van der Waals surface area (Å²) in [5.41, 5.74) is 3.71. The molecule has 112 valence electrons. The van der Waals surface area contributed by atoms with Gasteiger partial charge in [-0.2, -0.15) is 0 Å². The minimum absolute atomic E-state index is 0.0749. The molecule has 0 unspecified atom stereocenters. The first-order valence-corrected chi connectivity index (χ1v) is 7.43. The third kappa shape index (κ3) is 3.99. The monoisotopic (exact) mass is 307 g/mol. The molecule has 0 amide bonds. The number of nitro benzene ring substituents is 1.